The lowest BCUT2D eigenvalue weighted by Gasteiger charge is -2.15. The van der Waals surface area contributed by atoms with Crippen molar-refractivity contribution in [2.75, 3.05) is 21.2 Å². The topological polar surface area (TPSA) is 63.7 Å². The van der Waals surface area contributed by atoms with Gasteiger partial charge >= 0.3 is 5.97 Å². The monoisotopic (exact) mass is 317 g/mol. The summed E-state index contributed by atoms with van der Waals surface area (Å²) in [6.45, 7) is 1.97. The molecule has 0 heterocycles. The molecule has 0 amide bonds. The van der Waals surface area contributed by atoms with Crippen LogP contribution in [-0.4, -0.2) is 39.9 Å². The minimum Gasteiger partial charge on any atom is -0.465 e. The summed E-state index contributed by atoms with van der Waals surface area (Å²) in [6, 6.07) is 2.17. The number of carbonyl (C=O) groups is 1. The molecule has 0 atom stereocenters. The number of sulfonamides is 1. The fourth-order valence-corrected chi connectivity index (χ4v) is 2.83. The van der Waals surface area contributed by atoms with Crippen LogP contribution in [0.4, 0.5) is 4.39 Å². The molecule has 1 rings (SSSR count). The molecular weight excluding hydrogens is 297 g/mol. The van der Waals surface area contributed by atoms with Crippen LogP contribution in [0.25, 0.3) is 0 Å². The molecule has 118 valence electrons. The predicted molar refractivity (Wildman–Crippen MR) is 77.2 cm³/mol. The van der Waals surface area contributed by atoms with Crippen molar-refractivity contribution in [1.29, 1.82) is 0 Å². The molecule has 5 nitrogen and oxygen atoms in total. The van der Waals surface area contributed by atoms with E-state index in [1.54, 1.807) is 0 Å². The van der Waals surface area contributed by atoms with Crippen LogP contribution >= 0.6 is 0 Å². The number of nitrogens with zero attached hydrogens (tertiary/aromatic N) is 1. The Bertz CT molecular complexity index is 626. The normalized spacial score (nSPS) is 11.7. The number of benzene rings is 1. The lowest BCUT2D eigenvalue weighted by Crippen LogP contribution is -2.24. The van der Waals surface area contributed by atoms with Gasteiger partial charge in [0.25, 0.3) is 0 Å². The lowest BCUT2D eigenvalue weighted by atomic mass is 10.0. The van der Waals surface area contributed by atoms with Gasteiger partial charge in [-0.05, 0) is 30.5 Å². The van der Waals surface area contributed by atoms with E-state index in [2.05, 4.69) is 4.74 Å². The van der Waals surface area contributed by atoms with Crippen molar-refractivity contribution < 1.29 is 22.3 Å². The number of halogens is 1. The van der Waals surface area contributed by atoms with E-state index in [9.17, 15) is 17.6 Å². The van der Waals surface area contributed by atoms with Gasteiger partial charge in [0.05, 0.1) is 12.7 Å². The Kier molecular flexibility index (Phi) is 5.86. The molecule has 7 heteroatoms. The third-order valence-electron chi connectivity index (χ3n) is 3.12. The Morgan fingerprint density at radius 3 is 2.43 bits per heavy atom. The molecule has 0 N–H and O–H groups in total. The van der Waals surface area contributed by atoms with Gasteiger partial charge in [0.2, 0.25) is 10.0 Å². The summed E-state index contributed by atoms with van der Waals surface area (Å²) in [5.41, 5.74) is 0.548. The first-order valence-electron chi connectivity index (χ1n) is 6.59. The number of methoxy groups -OCH3 is 1. The average Bonchev–Trinajstić information content (AvgIpc) is 2.43. The molecule has 0 saturated heterocycles. The Morgan fingerprint density at radius 1 is 1.33 bits per heavy atom. The van der Waals surface area contributed by atoms with E-state index in [0.29, 0.717) is 12.0 Å². The standard InChI is InChI=1S/C14H20FNO4S/c1-5-6-7-10-8-12(15)13(21(18,19)16(2)3)9-11(10)14(17)20-4/h8-9H,5-7H2,1-4H3. The van der Waals surface area contributed by atoms with Gasteiger partial charge in [-0.1, -0.05) is 13.3 Å². The van der Waals surface area contributed by atoms with E-state index in [1.807, 2.05) is 6.92 Å². The lowest BCUT2D eigenvalue weighted by molar-refractivity contribution is 0.0599. The second-order valence-electron chi connectivity index (χ2n) is 4.82. The molecule has 0 saturated carbocycles. The van der Waals surface area contributed by atoms with Crippen molar-refractivity contribution in [3.63, 3.8) is 0 Å². The summed E-state index contributed by atoms with van der Waals surface area (Å²) in [5, 5.41) is 0. The first kappa shape index (κ1) is 17.6. The number of rotatable bonds is 6. The largest absolute Gasteiger partial charge is 0.465 e. The van der Waals surface area contributed by atoms with Gasteiger partial charge in [-0.15, -0.1) is 0 Å². The predicted octanol–water partition coefficient (Wildman–Crippen LogP) is 2.21. The molecule has 0 radical (unpaired) electrons. The third-order valence-corrected chi connectivity index (χ3v) is 4.95. The van der Waals surface area contributed by atoms with E-state index in [4.69, 9.17) is 0 Å². The van der Waals surface area contributed by atoms with E-state index in [0.717, 1.165) is 29.3 Å². The molecule has 0 aliphatic rings. The molecule has 0 aliphatic carbocycles. The van der Waals surface area contributed by atoms with E-state index in [1.165, 1.54) is 21.2 Å². The van der Waals surface area contributed by atoms with E-state index < -0.39 is 26.7 Å². The van der Waals surface area contributed by atoms with Gasteiger partial charge in [0, 0.05) is 14.1 Å². The number of carbonyl (C=O) groups excluding carboxylic acids is 1. The number of unbranched alkanes of at least 4 members (excludes halogenated alkanes) is 1. The Morgan fingerprint density at radius 2 is 1.95 bits per heavy atom. The Hall–Kier alpha value is -1.47. The highest BCUT2D eigenvalue weighted by Crippen LogP contribution is 2.24. The van der Waals surface area contributed by atoms with E-state index in [-0.39, 0.29) is 5.56 Å². The van der Waals surface area contributed by atoms with Crippen molar-refractivity contribution in [1.82, 2.24) is 4.31 Å². The second-order valence-corrected chi connectivity index (χ2v) is 6.94. The Labute approximate surface area is 124 Å². The molecule has 1 aromatic carbocycles. The summed E-state index contributed by atoms with van der Waals surface area (Å²) in [5.74, 6) is -1.53. The fourth-order valence-electron chi connectivity index (χ4n) is 1.86. The van der Waals surface area contributed by atoms with Crippen LogP contribution in [-0.2, 0) is 21.2 Å². The molecule has 0 bridgehead atoms. The van der Waals surface area contributed by atoms with Crippen LogP contribution in [0.1, 0.15) is 35.7 Å². The maximum absolute atomic E-state index is 14.1. The molecule has 0 fully saturated rings. The van der Waals surface area contributed by atoms with Gasteiger partial charge < -0.3 is 4.74 Å². The SMILES string of the molecule is CCCCc1cc(F)c(S(=O)(=O)N(C)C)cc1C(=O)OC. The van der Waals surface area contributed by atoms with Crippen LogP contribution in [0.2, 0.25) is 0 Å². The van der Waals surface area contributed by atoms with Crippen molar-refractivity contribution in [3.8, 4) is 0 Å². The van der Waals surface area contributed by atoms with Crippen molar-refractivity contribution in [2.45, 2.75) is 31.1 Å². The molecule has 1 aromatic rings. The average molecular weight is 317 g/mol. The molecule has 0 aromatic heterocycles. The zero-order chi connectivity index (χ0) is 16.2. The minimum atomic E-state index is -3.96. The number of hydrogen-bond acceptors (Lipinski definition) is 4. The zero-order valence-electron chi connectivity index (χ0n) is 12.6. The quantitative estimate of drug-likeness (QED) is 0.755. The minimum absolute atomic E-state index is 0.0905. The van der Waals surface area contributed by atoms with Crippen LogP contribution in [0.3, 0.4) is 0 Å². The number of aryl methyl sites for hydroxylation is 1. The highest BCUT2D eigenvalue weighted by Gasteiger charge is 2.25. The highest BCUT2D eigenvalue weighted by molar-refractivity contribution is 7.89. The summed E-state index contributed by atoms with van der Waals surface area (Å²) >= 11 is 0. The maximum atomic E-state index is 14.1. The van der Waals surface area contributed by atoms with Gasteiger partial charge in [-0.2, -0.15) is 0 Å². The van der Waals surface area contributed by atoms with Crippen molar-refractivity contribution in [3.05, 3.63) is 29.1 Å². The fraction of sp³-hybridized carbons (Fsp3) is 0.500. The number of esters is 1. The van der Waals surface area contributed by atoms with Crippen LogP contribution < -0.4 is 0 Å². The summed E-state index contributed by atoms with van der Waals surface area (Å²) in [4.78, 5) is 11.3. The first-order chi connectivity index (χ1) is 9.75. The van der Waals surface area contributed by atoms with Gasteiger partial charge in [-0.3, -0.25) is 0 Å². The number of hydrogen-bond donors (Lipinski definition) is 0. The zero-order valence-corrected chi connectivity index (χ0v) is 13.5. The van der Waals surface area contributed by atoms with Crippen LogP contribution in [0.5, 0.6) is 0 Å². The maximum Gasteiger partial charge on any atom is 0.338 e. The van der Waals surface area contributed by atoms with Crippen LogP contribution in [0, 0.1) is 5.82 Å². The Balaban J connectivity index is 3.48. The first-order valence-corrected chi connectivity index (χ1v) is 8.03. The second kappa shape index (κ2) is 7.00. The van der Waals surface area contributed by atoms with Gasteiger partial charge in [-0.25, -0.2) is 21.9 Å². The summed E-state index contributed by atoms with van der Waals surface area (Å²) < 4.78 is 43.8. The van der Waals surface area contributed by atoms with Crippen LogP contribution in [0.15, 0.2) is 17.0 Å². The highest BCUT2D eigenvalue weighted by atomic mass is 32.2. The molecule has 0 aliphatic heterocycles. The molecule has 21 heavy (non-hydrogen) atoms. The number of ether oxygens (including phenoxy) is 1. The van der Waals surface area contributed by atoms with Gasteiger partial charge in [0.15, 0.2) is 0 Å². The van der Waals surface area contributed by atoms with E-state index >= 15 is 0 Å². The summed E-state index contributed by atoms with van der Waals surface area (Å²) in [6.07, 6.45) is 2.13. The molecule has 0 spiro atoms. The third kappa shape index (κ3) is 3.79. The molecule has 0 unspecified atom stereocenters. The summed E-state index contributed by atoms with van der Waals surface area (Å²) in [7, 11) is -0.148. The van der Waals surface area contributed by atoms with Crippen molar-refractivity contribution >= 4 is 16.0 Å². The molecular formula is C14H20FNO4S. The van der Waals surface area contributed by atoms with Crippen molar-refractivity contribution in [2.24, 2.45) is 0 Å². The smallest absolute Gasteiger partial charge is 0.338 e. The van der Waals surface area contributed by atoms with Gasteiger partial charge in [0.1, 0.15) is 10.7 Å².